The molecule has 2 aromatic rings. The number of carbonyl (C=O) groups excluding carboxylic acids is 1. The number of ether oxygens (including phenoxy) is 2. The van der Waals surface area contributed by atoms with Crippen molar-refractivity contribution in [3.8, 4) is 17.6 Å². The zero-order chi connectivity index (χ0) is 23.6. The number of amides is 1. The fourth-order valence-electron chi connectivity index (χ4n) is 3.89. The second kappa shape index (κ2) is 12.4. The lowest BCUT2D eigenvalue weighted by Crippen LogP contribution is -2.33. The molecule has 0 spiro atoms. The molecular weight excluding hydrogens is 527 g/mol. The quantitative estimate of drug-likeness (QED) is 0.170. The van der Waals surface area contributed by atoms with E-state index < -0.39 is 0 Å². The Morgan fingerprint density at radius 2 is 1.97 bits per heavy atom. The first-order chi connectivity index (χ1) is 16.0. The number of nitrogens with zero attached hydrogens (tertiary/aromatic N) is 1. The van der Waals surface area contributed by atoms with Crippen molar-refractivity contribution in [3.05, 3.63) is 74.9 Å². The van der Waals surface area contributed by atoms with E-state index in [-0.39, 0.29) is 17.5 Å². The van der Waals surface area contributed by atoms with E-state index >= 15 is 0 Å². The lowest BCUT2D eigenvalue weighted by atomic mass is 10.0. The zero-order valence-corrected chi connectivity index (χ0v) is 21.1. The third kappa shape index (κ3) is 7.10. The van der Waals surface area contributed by atoms with E-state index in [0.29, 0.717) is 31.1 Å². The van der Waals surface area contributed by atoms with E-state index in [9.17, 15) is 10.1 Å². The van der Waals surface area contributed by atoms with Gasteiger partial charge in [-0.1, -0.05) is 31.1 Å². The number of carbonyl (C=O) groups is 1. The fourth-order valence-corrected chi connectivity index (χ4v) is 4.24. The number of rotatable bonds is 10. The van der Waals surface area contributed by atoms with Crippen molar-refractivity contribution in [2.45, 2.75) is 51.7 Å². The lowest BCUT2D eigenvalue weighted by Gasteiger charge is -2.17. The van der Waals surface area contributed by atoms with Crippen LogP contribution in [0.15, 0.2) is 54.6 Å². The summed E-state index contributed by atoms with van der Waals surface area (Å²) in [6, 6.07) is 14.1. The Morgan fingerprint density at radius 1 is 1.24 bits per heavy atom. The van der Waals surface area contributed by atoms with Crippen LogP contribution in [-0.2, 0) is 17.8 Å². The lowest BCUT2D eigenvalue weighted by molar-refractivity contribution is -0.117. The highest BCUT2D eigenvalue weighted by atomic mass is 127. The molecule has 1 saturated carbocycles. The molecule has 33 heavy (non-hydrogen) atoms. The van der Waals surface area contributed by atoms with Gasteiger partial charge in [0.1, 0.15) is 18.2 Å². The van der Waals surface area contributed by atoms with Gasteiger partial charge < -0.3 is 14.8 Å². The number of allylic oxidation sites excluding steroid dienone is 1. The zero-order valence-electron chi connectivity index (χ0n) is 18.9. The van der Waals surface area contributed by atoms with Crippen molar-refractivity contribution in [3.63, 3.8) is 0 Å². The van der Waals surface area contributed by atoms with Crippen molar-refractivity contribution < 1.29 is 14.3 Å². The molecule has 0 radical (unpaired) electrons. The first-order valence-electron chi connectivity index (χ1n) is 11.2. The van der Waals surface area contributed by atoms with E-state index in [1.54, 1.807) is 12.2 Å². The minimum absolute atomic E-state index is 0.0847. The van der Waals surface area contributed by atoms with Gasteiger partial charge in [-0.25, -0.2) is 0 Å². The van der Waals surface area contributed by atoms with Crippen LogP contribution in [-0.4, -0.2) is 18.6 Å². The molecule has 0 heterocycles. The first-order valence-corrected chi connectivity index (χ1v) is 12.3. The number of hydrogen-bond donors (Lipinski definition) is 1. The predicted octanol–water partition coefficient (Wildman–Crippen LogP) is 5.96. The van der Waals surface area contributed by atoms with E-state index in [0.717, 1.165) is 42.4 Å². The Kier molecular flexibility index (Phi) is 9.37. The molecule has 0 unspecified atom stereocenters. The Balaban J connectivity index is 1.89. The SMILES string of the molecule is C=CCc1cc(/C=C(/C#N)C(=O)NC2CCCC2)cc(OCC)c1OCc1ccc(I)cc1. The van der Waals surface area contributed by atoms with E-state index in [1.165, 1.54) is 3.57 Å². The highest BCUT2D eigenvalue weighted by Crippen LogP contribution is 2.35. The monoisotopic (exact) mass is 556 g/mol. The molecule has 1 N–H and O–H groups in total. The summed E-state index contributed by atoms with van der Waals surface area (Å²) >= 11 is 2.27. The van der Waals surface area contributed by atoms with Crippen LogP contribution in [0.5, 0.6) is 11.5 Å². The maximum Gasteiger partial charge on any atom is 0.262 e. The molecule has 1 aliphatic carbocycles. The molecular formula is C27H29IN2O3. The van der Waals surface area contributed by atoms with Crippen molar-refractivity contribution in [2.75, 3.05) is 6.61 Å². The van der Waals surface area contributed by atoms with Gasteiger partial charge in [0.25, 0.3) is 5.91 Å². The molecule has 172 valence electrons. The van der Waals surface area contributed by atoms with Crippen molar-refractivity contribution in [1.82, 2.24) is 5.32 Å². The second-order valence-corrected chi connectivity index (χ2v) is 9.22. The molecule has 0 saturated heterocycles. The summed E-state index contributed by atoms with van der Waals surface area (Å²) in [5.41, 5.74) is 2.75. The molecule has 1 aliphatic rings. The maximum atomic E-state index is 12.6. The van der Waals surface area contributed by atoms with Crippen LogP contribution >= 0.6 is 22.6 Å². The largest absolute Gasteiger partial charge is 0.490 e. The number of hydrogen-bond acceptors (Lipinski definition) is 4. The molecule has 2 aromatic carbocycles. The molecule has 1 amide bonds. The summed E-state index contributed by atoms with van der Waals surface area (Å²) in [5, 5.41) is 12.6. The number of nitriles is 1. The van der Waals surface area contributed by atoms with Gasteiger partial charge in [-0.2, -0.15) is 5.26 Å². The second-order valence-electron chi connectivity index (χ2n) is 7.97. The smallest absolute Gasteiger partial charge is 0.262 e. The average molecular weight is 556 g/mol. The van der Waals surface area contributed by atoms with Gasteiger partial charge >= 0.3 is 0 Å². The minimum atomic E-state index is -0.327. The molecule has 0 atom stereocenters. The normalized spacial score (nSPS) is 13.9. The molecule has 3 rings (SSSR count). The standard InChI is InChI=1S/C27H29IN2O3/c1-3-7-21-14-20(15-22(17-29)27(31)30-24-8-5-6-9-24)16-25(32-4-2)26(21)33-18-19-10-12-23(28)13-11-19/h3,10-16,24H,1,4-9,18H2,2H3,(H,30,31)/b22-15-. The van der Waals surface area contributed by atoms with Crippen molar-refractivity contribution in [1.29, 1.82) is 5.26 Å². The minimum Gasteiger partial charge on any atom is -0.490 e. The molecule has 6 heteroatoms. The van der Waals surface area contributed by atoms with Gasteiger partial charge in [-0.3, -0.25) is 4.79 Å². The van der Waals surface area contributed by atoms with Crippen LogP contribution < -0.4 is 14.8 Å². The van der Waals surface area contributed by atoms with Crippen LogP contribution in [0.1, 0.15) is 49.3 Å². The van der Waals surface area contributed by atoms with Gasteiger partial charge in [-0.05, 0) is 90.2 Å². The Bertz CT molecular complexity index is 1050. The van der Waals surface area contributed by atoms with Crippen LogP contribution in [0, 0.1) is 14.9 Å². The Labute approximate surface area is 209 Å². The Morgan fingerprint density at radius 3 is 2.61 bits per heavy atom. The number of nitrogens with one attached hydrogen (secondary N) is 1. The molecule has 0 bridgehead atoms. The third-order valence-electron chi connectivity index (χ3n) is 5.48. The van der Waals surface area contributed by atoms with Gasteiger partial charge in [0.2, 0.25) is 0 Å². The maximum absolute atomic E-state index is 12.6. The highest BCUT2D eigenvalue weighted by Gasteiger charge is 2.20. The van der Waals surface area contributed by atoms with Crippen LogP contribution in [0.2, 0.25) is 0 Å². The topological polar surface area (TPSA) is 71.4 Å². The highest BCUT2D eigenvalue weighted by molar-refractivity contribution is 14.1. The molecule has 0 aliphatic heterocycles. The van der Waals surface area contributed by atoms with Gasteiger partial charge in [0.15, 0.2) is 11.5 Å². The summed E-state index contributed by atoms with van der Waals surface area (Å²) in [7, 11) is 0. The van der Waals surface area contributed by atoms with E-state index in [2.05, 4.69) is 34.5 Å². The van der Waals surface area contributed by atoms with Crippen LogP contribution in [0.4, 0.5) is 0 Å². The number of benzene rings is 2. The Hall–Kier alpha value is -2.79. The molecule has 1 fully saturated rings. The average Bonchev–Trinajstić information content (AvgIpc) is 3.31. The summed E-state index contributed by atoms with van der Waals surface area (Å²) in [4.78, 5) is 12.6. The van der Waals surface area contributed by atoms with Gasteiger partial charge in [-0.15, -0.1) is 6.58 Å². The molecule has 0 aromatic heterocycles. The molecule has 5 nitrogen and oxygen atoms in total. The number of halogens is 1. The van der Waals surface area contributed by atoms with Gasteiger partial charge in [0.05, 0.1) is 6.61 Å². The van der Waals surface area contributed by atoms with Crippen molar-refractivity contribution in [2.24, 2.45) is 0 Å². The van der Waals surface area contributed by atoms with Crippen LogP contribution in [0.3, 0.4) is 0 Å². The predicted molar refractivity (Wildman–Crippen MR) is 139 cm³/mol. The van der Waals surface area contributed by atoms with Gasteiger partial charge in [0, 0.05) is 15.2 Å². The van der Waals surface area contributed by atoms with E-state index in [4.69, 9.17) is 9.47 Å². The first kappa shape index (κ1) is 24.8. The third-order valence-corrected chi connectivity index (χ3v) is 6.20. The summed E-state index contributed by atoms with van der Waals surface area (Å²) in [6.07, 6.45) is 8.15. The summed E-state index contributed by atoms with van der Waals surface area (Å²) in [5.74, 6) is 0.912. The van der Waals surface area contributed by atoms with Crippen molar-refractivity contribution >= 4 is 34.6 Å². The summed E-state index contributed by atoms with van der Waals surface area (Å²) in [6.45, 7) is 6.65. The fraction of sp³-hybridized carbons (Fsp3) is 0.333. The van der Waals surface area contributed by atoms with Crippen LogP contribution in [0.25, 0.3) is 6.08 Å². The summed E-state index contributed by atoms with van der Waals surface area (Å²) < 4.78 is 13.2. The van der Waals surface area contributed by atoms with E-state index in [1.807, 2.05) is 49.4 Å².